The van der Waals surface area contributed by atoms with Crippen LogP contribution in [-0.2, 0) is 6.42 Å². The molecule has 1 saturated heterocycles. The molecule has 1 aliphatic carbocycles. The minimum atomic E-state index is -0.411. The molecule has 0 radical (unpaired) electrons. The summed E-state index contributed by atoms with van der Waals surface area (Å²) in [7, 11) is 1.99. The Balaban J connectivity index is 1.74. The summed E-state index contributed by atoms with van der Waals surface area (Å²) in [4.78, 5) is 2.07. The van der Waals surface area contributed by atoms with Crippen molar-refractivity contribution < 1.29 is 0 Å². The first-order valence-electron chi connectivity index (χ1n) is 7.54. The van der Waals surface area contributed by atoms with Crippen molar-refractivity contribution in [3.8, 4) is 0 Å². The van der Waals surface area contributed by atoms with Gasteiger partial charge < -0.3 is 5.21 Å². The first-order valence-corrected chi connectivity index (χ1v) is 8.89. The minimum Gasteiger partial charge on any atom is -0.623 e. The number of hydrogen-bond acceptors (Lipinski definition) is 6. The molecule has 1 aromatic heterocycles. The van der Waals surface area contributed by atoms with Crippen molar-refractivity contribution in [2.24, 2.45) is 0 Å². The standard InChI is InChI=1S/C13H22ClN5OS/c1-18-8-11(15-10-4-2-5-10)19(20,9-18)13-17-16-12(21-13)6-3-7-14/h10-11,15H,2-9H2,1H3. The molecule has 8 heteroatoms. The monoisotopic (exact) mass is 331 g/mol. The Morgan fingerprint density at radius 1 is 1.48 bits per heavy atom. The van der Waals surface area contributed by atoms with Gasteiger partial charge in [0.15, 0.2) is 6.17 Å². The number of nitrogens with zero attached hydrogens (tertiary/aromatic N) is 4. The summed E-state index contributed by atoms with van der Waals surface area (Å²) in [6.45, 7) is 1.20. The van der Waals surface area contributed by atoms with Gasteiger partial charge in [0, 0.05) is 18.3 Å². The number of hydroxylamine groups is 2. The Kier molecular flexibility index (Phi) is 4.78. The molecule has 21 heavy (non-hydrogen) atoms. The van der Waals surface area contributed by atoms with E-state index in [-0.39, 0.29) is 6.17 Å². The maximum absolute atomic E-state index is 13.3. The lowest BCUT2D eigenvalue weighted by Crippen LogP contribution is -2.59. The van der Waals surface area contributed by atoms with Crippen molar-refractivity contribution in [2.45, 2.75) is 44.3 Å². The summed E-state index contributed by atoms with van der Waals surface area (Å²) < 4.78 is -0.411. The molecule has 0 amide bonds. The second-order valence-corrected chi connectivity index (χ2v) is 7.48. The van der Waals surface area contributed by atoms with Gasteiger partial charge in [-0.05, 0) is 37.6 Å². The van der Waals surface area contributed by atoms with Crippen LogP contribution in [0.4, 0.5) is 5.13 Å². The van der Waals surface area contributed by atoms with Gasteiger partial charge in [0.2, 0.25) is 0 Å². The van der Waals surface area contributed by atoms with Gasteiger partial charge in [-0.3, -0.25) is 14.9 Å². The third-order valence-electron chi connectivity index (χ3n) is 4.28. The molecule has 2 unspecified atom stereocenters. The van der Waals surface area contributed by atoms with Crippen molar-refractivity contribution in [1.29, 1.82) is 0 Å². The number of quaternary nitrogens is 1. The number of aromatic nitrogens is 2. The van der Waals surface area contributed by atoms with E-state index in [0.29, 0.717) is 23.7 Å². The molecule has 0 aromatic carbocycles. The molecule has 2 heterocycles. The first kappa shape index (κ1) is 15.6. The normalized spacial score (nSPS) is 30.7. The Morgan fingerprint density at radius 2 is 2.29 bits per heavy atom. The highest BCUT2D eigenvalue weighted by Gasteiger charge is 2.43. The van der Waals surface area contributed by atoms with Crippen LogP contribution < -0.4 is 9.96 Å². The second kappa shape index (κ2) is 6.44. The maximum atomic E-state index is 13.3. The molecule has 3 rings (SSSR count). The summed E-state index contributed by atoms with van der Waals surface area (Å²) in [5, 5.41) is 26.7. The van der Waals surface area contributed by atoms with Crippen LogP contribution in [0.25, 0.3) is 0 Å². The largest absolute Gasteiger partial charge is 0.623 e. The highest BCUT2D eigenvalue weighted by Crippen LogP contribution is 2.33. The van der Waals surface area contributed by atoms with Crippen LogP contribution in [0.5, 0.6) is 0 Å². The average Bonchev–Trinajstić information content (AvgIpc) is 2.97. The Morgan fingerprint density at radius 3 is 2.95 bits per heavy atom. The van der Waals surface area contributed by atoms with E-state index in [2.05, 4.69) is 20.4 Å². The SMILES string of the molecule is CN1CC(NC2CCC2)[N+]([O-])(c2nnc(CCCCl)s2)C1. The van der Waals surface area contributed by atoms with E-state index in [4.69, 9.17) is 11.6 Å². The molecule has 1 saturated carbocycles. The van der Waals surface area contributed by atoms with Crippen LogP contribution in [0.2, 0.25) is 0 Å². The van der Waals surface area contributed by atoms with E-state index in [1.165, 1.54) is 30.6 Å². The fourth-order valence-corrected chi connectivity index (χ4v) is 3.97. The third-order valence-corrected chi connectivity index (χ3v) is 5.64. The van der Waals surface area contributed by atoms with Crippen LogP contribution >= 0.6 is 22.9 Å². The van der Waals surface area contributed by atoms with E-state index < -0.39 is 4.65 Å². The van der Waals surface area contributed by atoms with Gasteiger partial charge in [-0.25, -0.2) is 0 Å². The zero-order valence-corrected chi connectivity index (χ0v) is 13.9. The molecular formula is C13H22ClN5OS. The van der Waals surface area contributed by atoms with Crippen LogP contribution in [0.3, 0.4) is 0 Å². The van der Waals surface area contributed by atoms with Crippen molar-refractivity contribution >= 4 is 28.1 Å². The lowest BCUT2D eigenvalue weighted by Gasteiger charge is -2.42. The number of likely N-dealkylation sites (N-methyl/N-ethyl adjacent to an activating group) is 1. The summed E-state index contributed by atoms with van der Waals surface area (Å²) in [5.41, 5.74) is 0. The molecular weight excluding hydrogens is 310 g/mol. The molecule has 2 fully saturated rings. The highest BCUT2D eigenvalue weighted by molar-refractivity contribution is 7.15. The maximum Gasteiger partial charge on any atom is 0.309 e. The number of aryl methyl sites for hydroxylation is 1. The topological polar surface area (TPSA) is 64.1 Å². The fourth-order valence-electron chi connectivity index (χ4n) is 2.87. The van der Waals surface area contributed by atoms with Crippen molar-refractivity contribution in [3.05, 3.63) is 10.2 Å². The van der Waals surface area contributed by atoms with Gasteiger partial charge >= 0.3 is 5.13 Å². The van der Waals surface area contributed by atoms with Crippen LogP contribution in [0.15, 0.2) is 0 Å². The molecule has 0 bridgehead atoms. The van der Waals surface area contributed by atoms with Crippen molar-refractivity contribution in [1.82, 2.24) is 25.1 Å². The highest BCUT2D eigenvalue weighted by atomic mass is 35.5. The lowest BCUT2D eigenvalue weighted by atomic mass is 9.93. The van der Waals surface area contributed by atoms with Gasteiger partial charge in [-0.15, -0.1) is 16.7 Å². The summed E-state index contributed by atoms with van der Waals surface area (Å²) in [6, 6.07) is 0.497. The Bertz CT molecular complexity index is 483. The third kappa shape index (κ3) is 3.23. The van der Waals surface area contributed by atoms with Gasteiger partial charge in [0.1, 0.15) is 11.7 Å². The van der Waals surface area contributed by atoms with E-state index in [1.54, 1.807) is 0 Å². The number of hydrogen-bond donors (Lipinski definition) is 1. The van der Waals surface area contributed by atoms with Gasteiger partial charge in [0.05, 0.1) is 6.54 Å². The molecule has 1 aromatic rings. The average molecular weight is 332 g/mol. The van der Waals surface area contributed by atoms with Crippen LogP contribution in [0.1, 0.15) is 30.7 Å². The molecule has 2 aliphatic rings. The zero-order chi connectivity index (χ0) is 14.9. The van der Waals surface area contributed by atoms with E-state index in [0.717, 1.165) is 24.4 Å². The predicted octanol–water partition coefficient (Wildman–Crippen LogP) is 1.89. The van der Waals surface area contributed by atoms with E-state index in [1.807, 2.05) is 7.05 Å². The first-order chi connectivity index (χ1) is 10.1. The van der Waals surface area contributed by atoms with Gasteiger partial charge in [0.25, 0.3) is 0 Å². The Labute approximate surface area is 134 Å². The Hall–Kier alpha value is -0.310. The number of alkyl halides is 1. The van der Waals surface area contributed by atoms with E-state index >= 15 is 0 Å². The molecule has 118 valence electrons. The van der Waals surface area contributed by atoms with E-state index in [9.17, 15) is 5.21 Å². The summed E-state index contributed by atoms with van der Waals surface area (Å²) in [6.07, 6.45) is 5.17. The molecule has 0 spiro atoms. The molecule has 2 atom stereocenters. The summed E-state index contributed by atoms with van der Waals surface area (Å²) >= 11 is 7.15. The molecule has 1 N–H and O–H groups in total. The lowest BCUT2D eigenvalue weighted by molar-refractivity contribution is 0.227. The number of halogens is 1. The van der Waals surface area contributed by atoms with Gasteiger partial charge in [-0.1, -0.05) is 11.5 Å². The van der Waals surface area contributed by atoms with Crippen molar-refractivity contribution in [3.63, 3.8) is 0 Å². The number of nitrogens with one attached hydrogen (secondary N) is 1. The quantitative estimate of drug-likeness (QED) is 0.490. The molecule has 1 aliphatic heterocycles. The van der Waals surface area contributed by atoms with Crippen LogP contribution in [0, 0.1) is 5.21 Å². The van der Waals surface area contributed by atoms with Gasteiger partial charge in [-0.2, -0.15) is 0 Å². The predicted molar refractivity (Wildman–Crippen MR) is 86.2 cm³/mol. The number of rotatable bonds is 6. The summed E-state index contributed by atoms with van der Waals surface area (Å²) in [5.74, 6) is 0.612. The second-order valence-electron chi connectivity index (χ2n) is 6.06. The van der Waals surface area contributed by atoms with Crippen molar-refractivity contribution in [2.75, 3.05) is 26.1 Å². The smallest absolute Gasteiger partial charge is 0.309 e. The zero-order valence-electron chi connectivity index (χ0n) is 12.3. The fraction of sp³-hybridized carbons (Fsp3) is 0.846. The minimum absolute atomic E-state index is 0.130. The van der Waals surface area contributed by atoms with Crippen LogP contribution in [-0.4, -0.2) is 53.4 Å². The molecule has 6 nitrogen and oxygen atoms in total.